The van der Waals surface area contributed by atoms with E-state index in [1.807, 2.05) is 48.8 Å². The van der Waals surface area contributed by atoms with Gasteiger partial charge in [-0.2, -0.15) is 0 Å². The Labute approximate surface area is 251 Å². The van der Waals surface area contributed by atoms with Crippen molar-refractivity contribution < 1.29 is 4.74 Å². The fraction of sp³-hybridized carbons (Fsp3) is 0.257. The Morgan fingerprint density at radius 3 is 2.47 bits per heavy atom. The van der Waals surface area contributed by atoms with Crippen LogP contribution in [0.5, 0.6) is 5.75 Å². The van der Waals surface area contributed by atoms with E-state index in [1.54, 1.807) is 0 Å². The first-order valence-corrected chi connectivity index (χ1v) is 15.2. The van der Waals surface area contributed by atoms with Crippen molar-refractivity contribution >= 4 is 10.9 Å². The van der Waals surface area contributed by atoms with E-state index in [0.29, 0.717) is 12.8 Å². The lowest BCUT2D eigenvalue weighted by Gasteiger charge is -2.21. The number of hydrogen-bond donors (Lipinski definition) is 4. The minimum absolute atomic E-state index is 0.328. The molecule has 218 valence electrons. The van der Waals surface area contributed by atoms with Crippen molar-refractivity contribution in [3.63, 3.8) is 0 Å². The van der Waals surface area contributed by atoms with Crippen molar-refractivity contribution in [2.24, 2.45) is 0 Å². The Balaban J connectivity index is 0.000000449. The standard InChI is InChI=1S/C29H31N7O.C6H6/c1-2-9-30-16-28-32-14-23(34-28)18-6-8-25-20(11-18)12-26-21-7-5-19(13-27(21)37-17-36(25)26)24-15-33-29(35-24)22-4-3-10-31-22;1-2-4-6-5-3-1/h5-8,11-15,22,30-31H,2-4,9-10,16-17H2,1H3,(H,32,34)(H,33,35);1-6H. The van der Waals surface area contributed by atoms with Crippen molar-refractivity contribution in [3.8, 4) is 39.5 Å². The van der Waals surface area contributed by atoms with Crippen molar-refractivity contribution in [1.29, 1.82) is 0 Å². The maximum atomic E-state index is 6.24. The third kappa shape index (κ3) is 5.71. The molecular weight excluding hydrogens is 534 g/mol. The molecule has 1 unspecified atom stereocenters. The van der Waals surface area contributed by atoms with Gasteiger partial charge < -0.3 is 29.9 Å². The Morgan fingerprint density at radius 1 is 0.907 bits per heavy atom. The smallest absolute Gasteiger partial charge is 0.165 e. The summed E-state index contributed by atoms with van der Waals surface area (Å²) >= 11 is 0. The van der Waals surface area contributed by atoms with Crippen LogP contribution in [0.4, 0.5) is 0 Å². The summed E-state index contributed by atoms with van der Waals surface area (Å²) in [4.78, 5) is 16.1. The SMILES string of the molecule is CCCNCc1ncc(-c2ccc3c(c2)cc2n3COc3cc(-c4cnc(C5CCCN5)[nH]4)ccc3-2)[nH]1.c1ccccc1. The number of aromatic nitrogens is 5. The minimum atomic E-state index is 0.328. The van der Waals surface area contributed by atoms with E-state index >= 15 is 0 Å². The molecule has 6 aromatic rings. The van der Waals surface area contributed by atoms with E-state index in [-0.39, 0.29) is 0 Å². The normalized spacial score (nSPS) is 15.4. The van der Waals surface area contributed by atoms with Crippen LogP contribution in [-0.2, 0) is 13.3 Å². The van der Waals surface area contributed by atoms with Gasteiger partial charge in [0.25, 0.3) is 0 Å². The molecule has 1 atom stereocenters. The third-order valence-electron chi connectivity index (χ3n) is 8.13. The average Bonchev–Trinajstić information content (AvgIpc) is 3.88. The number of nitrogens with zero attached hydrogens (tertiary/aromatic N) is 3. The van der Waals surface area contributed by atoms with E-state index < -0.39 is 0 Å². The zero-order valence-corrected chi connectivity index (χ0v) is 24.4. The molecule has 1 fully saturated rings. The fourth-order valence-electron chi connectivity index (χ4n) is 5.90. The van der Waals surface area contributed by atoms with Crippen LogP contribution in [0.2, 0.25) is 0 Å². The van der Waals surface area contributed by atoms with Crippen molar-refractivity contribution in [3.05, 3.63) is 103 Å². The molecule has 0 radical (unpaired) electrons. The highest BCUT2D eigenvalue weighted by atomic mass is 16.5. The van der Waals surface area contributed by atoms with Gasteiger partial charge in [0.1, 0.15) is 17.4 Å². The van der Waals surface area contributed by atoms with Crippen molar-refractivity contribution in [1.82, 2.24) is 35.1 Å². The quantitative estimate of drug-likeness (QED) is 0.154. The van der Waals surface area contributed by atoms with Gasteiger partial charge in [-0.05, 0) is 62.7 Å². The lowest BCUT2D eigenvalue weighted by molar-refractivity contribution is 0.235. The molecule has 0 spiro atoms. The number of imidazole rings is 2. The summed E-state index contributed by atoms with van der Waals surface area (Å²) in [6.45, 7) is 5.46. The second-order valence-electron chi connectivity index (χ2n) is 11.1. The summed E-state index contributed by atoms with van der Waals surface area (Å²) in [5.74, 6) is 2.88. The predicted octanol–water partition coefficient (Wildman–Crippen LogP) is 7.05. The van der Waals surface area contributed by atoms with E-state index in [2.05, 4.69) is 84.5 Å². The fourth-order valence-corrected chi connectivity index (χ4v) is 5.90. The molecule has 2 aliphatic heterocycles. The van der Waals surface area contributed by atoms with Crippen LogP contribution in [0, 0.1) is 0 Å². The largest absolute Gasteiger partial charge is 0.472 e. The number of benzene rings is 3. The van der Waals surface area contributed by atoms with Gasteiger partial charge in [0.15, 0.2) is 6.73 Å². The van der Waals surface area contributed by atoms with Crippen LogP contribution >= 0.6 is 0 Å². The Morgan fingerprint density at radius 2 is 1.67 bits per heavy atom. The number of fused-ring (bicyclic) bond motifs is 5. The summed E-state index contributed by atoms with van der Waals surface area (Å²) in [5.41, 5.74) is 7.73. The topological polar surface area (TPSA) is 95.6 Å². The number of nitrogens with one attached hydrogen (secondary N) is 4. The lowest BCUT2D eigenvalue weighted by Crippen LogP contribution is -2.14. The van der Waals surface area contributed by atoms with Crippen molar-refractivity contribution in [2.75, 3.05) is 13.1 Å². The molecule has 0 bridgehead atoms. The lowest BCUT2D eigenvalue weighted by atomic mass is 10.0. The number of rotatable bonds is 7. The van der Waals surface area contributed by atoms with Gasteiger partial charge in [-0.1, -0.05) is 55.5 Å². The molecule has 8 nitrogen and oxygen atoms in total. The number of H-pyrrole nitrogens is 2. The van der Waals surface area contributed by atoms with Gasteiger partial charge in [0.05, 0.1) is 47.6 Å². The first-order valence-electron chi connectivity index (χ1n) is 15.2. The monoisotopic (exact) mass is 571 g/mol. The summed E-state index contributed by atoms with van der Waals surface area (Å²) in [7, 11) is 0. The molecule has 5 heterocycles. The molecule has 3 aromatic heterocycles. The van der Waals surface area contributed by atoms with Crippen molar-refractivity contribution in [2.45, 2.75) is 45.5 Å². The van der Waals surface area contributed by atoms with E-state index in [4.69, 9.17) is 4.74 Å². The van der Waals surface area contributed by atoms with Gasteiger partial charge in [0, 0.05) is 22.1 Å². The Hall–Kier alpha value is -4.66. The number of aromatic amines is 2. The summed E-state index contributed by atoms with van der Waals surface area (Å²) in [6, 6.07) is 27.6. The Bertz CT molecular complexity index is 1780. The summed E-state index contributed by atoms with van der Waals surface area (Å²) < 4.78 is 8.49. The molecule has 4 N–H and O–H groups in total. The van der Waals surface area contributed by atoms with Crippen LogP contribution in [0.3, 0.4) is 0 Å². The van der Waals surface area contributed by atoms with Crippen LogP contribution < -0.4 is 15.4 Å². The van der Waals surface area contributed by atoms with Gasteiger partial charge in [-0.15, -0.1) is 0 Å². The average molecular weight is 572 g/mol. The zero-order valence-electron chi connectivity index (χ0n) is 24.4. The van der Waals surface area contributed by atoms with Crippen LogP contribution in [0.1, 0.15) is 43.9 Å². The first kappa shape index (κ1) is 27.2. The van der Waals surface area contributed by atoms with E-state index in [9.17, 15) is 0 Å². The molecule has 2 aliphatic rings. The van der Waals surface area contributed by atoms with E-state index in [0.717, 1.165) is 78.0 Å². The second kappa shape index (κ2) is 12.3. The maximum Gasteiger partial charge on any atom is 0.165 e. The molecular formula is C35H37N7O. The zero-order chi connectivity index (χ0) is 29.0. The molecule has 1 saturated heterocycles. The first-order chi connectivity index (χ1) is 21.3. The molecule has 0 saturated carbocycles. The molecule has 0 amide bonds. The predicted molar refractivity (Wildman–Crippen MR) is 172 cm³/mol. The number of ether oxygens (including phenoxy) is 1. The Kier molecular flexibility index (Phi) is 7.77. The van der Waals surface area contributed by atoms with Gasteiger partial charge in [0.2, 0.25) is 0 Å². The highest BCUT2D eigenvalue weighted by molar-refractivity contribution is 5.92. The molecule has 0 aliphatic carbocycles. The maximum absolute atomic E-state index is 6.24. The molecule has 3 aromatic carbocycles. The summed E-state index contributed by atoms with van der Waals surface area (Å²) in [6.07, 6.45) is 7.29. The molecule has 8 heteroatoms. The second-order valence-corrected chi connectivity index (χ2v) is 11.1. The van der Waals surface area contributed by atoms with Crippen LogP contribution in [-0.4, -0.2) is 37.6 Å². The minimum Gasteiger partial charge on any atom is -0.472 e. The van der Waals surface area contributed by atoms with Crippen LogP contribution in [0.25, 0.3) is 44.7 Å². The van der Waals surface area contributed by atoms with Crippen LogP contribution in [0.15, 0.2) is 91.3 Å². The highest BCUT2D eigenvalue weighted by Crippen LogP contribution is 2.41. The third-order valence-corrected chi connectivity index (χ3v) is 8.13. The molecule has 8 rings (SSSR count). The van der Waals surface area contributed by atoms with Gasteiger partial charge in [-0.25, -0.2) is 9.97 Å². The van der Waals surface area contributed by atoms with E-state index in [1.165, 1.54) is 23.0 Å². The highest BCUT2D eigenvalue weighted by Gasteiger charge is 2.22. The summed E-state index contributed by atoms with van der Waals surface area (Å²) in [5, 5.41) is 8.09. The number of hydrogen-bond acceptors (Lipinski definition) is 5. The van der Waals surface area contributed by atoms with Gasteiger partial charge >= 0.3 is 0 Å². The van der Waals surface area contributed by atoms with Gasteiger partial charge in [-0.3, -0.25) is 0 Å². The molecule has 43 heavy (non-hydrogen) atoms.